The Morgan fingerprint density at radius 1 is 0.371 bits per heavy atom. The summed E-state index contributed by atoms with van der Waals surface area (Å²) in [5.74, 6) is 0. The lowest BCUT2D eigenvalue weighted by molar-refractivity contribution is -0.00339. The summed E-state index contributed by atoms with van der Waals surface area (Å²) in [4.78, 5) is 0. The Morgan fingerprint density at radius 3 is 1.17 bits per heavy atom. The molecule has 210 valence electrons. The molecule has 2 nitrogen and oxygen atoms in total. The molecule has 0 aliphatic rings. The fourth-order valence-electron chi connectivity index (χ4n) is 5.05. The average molecular weight is 493 g/mol. The first-order chi connectivity index (χ1) is 17.3. The molecule has 0 heterocycles. The van der Waals surface area contributed by atoms with E-state index in [4.69, 9.17) is 0 Å². The zero-order chi connectivity index (χ0) is 25.7. The molecule has 0 aromatic rings. The van der Waals surface area contributed by atoms with Crippen LogP contribution in [0.3, 0.4) is 0 Å². The number of nitrogens with zero attached hydrogens (tertiary/aromatic N) is 2. The highest BCUT2D eigenvalue weighted by molar-refractivity contribution is 4.81. The maximum Gasteiger partial charge on any atom is 0.0133 e. The first-order valence-corrected chi connectivity index (χ1v) is 16.4. The van der Waals surface area contributed by atoms with E-state index in [0.29, 0.717) is 0 Å². The van der Waals surface area contributed by atoms with E-state index in [-0.39, 0.29) is 0 Å². The van der Waals surface area contributed by atoms with Gasteiger partial charge in [-0.25, -0.2) is 10.0 Å². The van der Waals surface area contributed by atoms with Crippen LogP contribution in [-0.2, 0) is 0 Å². The van der Waals surface area contributed by atoms with Crippen molar-refractivity contribution < 1.29 is 0 Å². The molecule has 0 aromatic heterocycles. The summed E-state index contributed by atoms with van der Waals surface area (Å²) in [5.41, 5.74) is 0. The van der Waals surface area contributed by atoms with Crippen LogP contribution in [-0.4, -0.2) is 36.7 Å². The Kier molecular flexibility index (Phi) is 29.6. The van der Waals surface area contributed by atoms with Crippen molar-refractivity contribution >= 4 is 0 Å². The highest BCUT2D eigenvalue weighted by Crippen LogP contribution is 2.12. The third-order valence-corrected chi connectivity index (χ3v) is 7.48. The van der Waals surface area contributed by atoms with Gasteiger partial charge in [-0.1, -0.05) is 142 Å². The minimum atomic E-state index is 1.22. The van der Waals surface area contributed by atoms with Gasteiger partial charge in [0.1, 0.15) is 0 Å². The largest absolute Gasteiger partial charge is 0.245 e. The van der Waals surface area contributed by atoms with Crippen LogP contribution in [0.2, 0.25) is 0 Å². The molecule has 0 aromatic carbocycles. The second-order valence-corrected chi connectivity index (χ2v) is 11.1. The number of rotatable bonds is 29. The molecular weight excluding hydrogens is 424 g/mol. The molecule has 2 heteroatoms. The van der Waals surface area contributed by atoms with Gasteiger partial charge >= 0.3 is 0 Å². The number of hydrogen-bond donors (Lipinski definition) is 0. The minimum Gasteiger partial charge on any atom is -0.245 e. The fraction of sp³-hybridized carbons (Fsp3) is 0.939. The molecule has 0 spiro atoms. The molecule has 0 N–H and O–H groups in total. The molecule has 0 saturated heterocycles. The monoisotopic (exact) mass is 493 g/mol. The molecule has 0 unspecified atom stereocenters. The van der Waals surface area contributed by atoms with Crippen molar-refractivity contribution in [2.75, 3.05) is 26.7 Å². The van der Waals surface area contributed by atoms with Crippen LogP contribution in [0.4, 0.5) is 0 Å². The zero-order valence-corrected chi connectivity index (χ0v) is 25.1. The van der Waals surface area contributed by atoms with E-state index in [2.05, 4.69) is 50.0 Å². The predicted molar refractivity (Wildman–Crippen MR) is 161 cm³/mol. The molecular formula is C33H68N2. The molecule has 0 saturated carbocycles. The summed E-state index contributed by atoms with van der Waals surface area (Å²) in [6.07, 6.45) is 38.4. The third-order valence-electron chi connectivity index (χ3n) is 7.48. The van der Waals surface area contributed by atoms with Gasteiger partial charge in [-0.3, -0.25) is 0 Å². The Morgan fingerprint density at radius 2 is 0.743 bits per heavy atom. The van der Waals surface area contributed by atoms with Gasteiger partial charge in [0.25, 0.3) is 0 Å². The summed E-state index contributed by atoms with van der Waals surface area (Å²) in [7, 11) is 2.32. The van der Waals surface area contributed by atoms with Crippen molar-refractivity contribution in [3.8, 4) is 0 Å². The van der Waals surface area contributed by atoms with Gasteiger partial charge in [-0.15, -0.1) is 0 Å². The number of unbranched alkanes of at least 4 members (excludes halogenated alkanes) is 20. The molecule has 0 rings (SSSR count). The quantitative estimate of drug-likeness (QED) is 0.0581. The Hall–Kier alpha value is -0.340. The SMILES string of the molecule is CCCCCCCC/C=C\CCCCCCCCN(C)N(CCC)CCCCCCCCCCC. The predicted octanol–water partition coefficient (Wildman–Crippen LogP) is 11.1. The fourth-order valence-corrected chi connectivity index (χ4v) is 5.05. The molecule has 0 atom stereocenters. The molecule has 0 amide bonds. The smallest absolute Gasteiger partial charge is 0.0133 e. The maximum atomic E-state index is 2.62. The van der Waals surface area contributed by atoms with Crippen LogP contribution in [0, 0.1) is 0 Å². The van der Waals surface area contributed by atoms with E-state index in [1.165, 1.54) is 174 Å². The highest BCUT2D eigenvalue weighted by atomic mass is 15.6. The average Bonchev–Trinajstić information content (AvgIpc) is 2.86. The lowest BCUT2D eigenvalue weighted by Gasteiger charge is -2.32. The first-order valence-electron chi connectivity index (χ1n) is 16.4. The van der Waals surface area contributed by atoms with Crippen LogP contribution < -0.4 is 0 Å². The summed E-state index contributed by atoms with van der Waals surface area (Å²) in [6.45, 7) is 10.6. The van der Waals surface area contributed by atoms with Crippen LogP contribution in [0.1, 0.15) is 175 Å². The van der Waals surface area contributed by atoms with Crippen LogP contribution in [0.5, 0.6) is 0 Å². The Balaban J connectivity index is 3.55. The van der Waals surface area contributed by atoms with Crippen molar-refractivity contribution in [3.05, 3.63) is 12.2 Å². The number of allylic oxidation sites excluding steroid dienone is 2. The topological polar surface area (TPSA) is 6.48 Å². The van der Waals surface area contributed by atoms with Crippen molar-refractivity contribution in [2.24, 2.45) is 0 Å². The molecule has 0 bridgehead atoms. The normalized spacial score (nSPS) is 12.1. The number of hydrogen-bond acceptors (Lipinski definition) is 2. The minimum absolute atomic E-state index is 1.22. The van der Waals surface area contributed by atoms with Crippen molar-refractivity contribution in [1.29, 1.82) is 0 Å². The maximum absolute atomic E-state index is 2.62. The summed E-state index contributed by atoms with van der Waals surface area (Å²) in [6, 6.07) is 0. The van der Waals surface area contributed by atoms with E-state index >= 15 is 0 Å². The van der Waals surface area contributed by atoms with Crippen molar-refractivity contribution in [2.45, 2.75) is 175 Å². The van der Waals surface area contributed by atoms with E-state index in [1.807, 2.05) is 0 Å². The molecule has 0 radical (unpaired) electrons. The van der Waals surface area contributed by atoms with Gasteiger partial charge in [0.05, 0.1) is 0 Å². The molecule has 0 aliphatic heterocycles. The third kappa shape index (κ3) is 26.5. The first kappa shape index (κ1) is 34.7. The molecule has 0 fully saturated rings. The van der Waals surface area contributed by atoms with Crippen molar-refractivity contribution in [1.82, 2.24) is 10.0 Å². The summed E-state index contributed by atoms with van der Waals surface area (Å²) >= 11 is 0. The van der Waals surface area contributed by atoms with E-state index in [0.717, 1.165) is 0 Å². The lowest BCUT2D eigenvalue weighted by Crippen LogP contribution is -2.41. The second kappa shape index (κ2) is 29.9. The van der Waals surface area contributed by atoms with E-state index in [1.54, 1.807) is 0 Å². The van der Waals surface area contributed by atoms with Gasteiger partial charge in [-0.2, -0.15) is 0 Å². The van der Waals surface area contributed by atoms with E-state index in [9.17, 15) is 0 Å². The lowest BCUT2D eigenvalue weighted by atomic mass is 10.1. The number of hydrazine groups is 1. The van der Waals surface area contributed by atoms with Crippen molar-refractivity contribution in [3.63, 3.8) is 0 Å². The van der Waals surface area contributed by atoms with Gasteiger partial charge in [0.15, 0.2) is 0 Å². The highest BCUT2D eigenvalue weighted by Gasteiger charge is 2.09. The van der Waals surface area contributed by atoms with Gasteiger partial charge in [0, 0.05) is 26.7 Å². The molecule has 0 aliphatic carbocycles. The van der Waals surface area contributed by atoms with Gasteiger partial charge in [0.2, 0.25) is 0 Å². The standard InChI is InChI=1S/C33H68N2/c1-5-8-10-12-14-16-17-18-19-20-21-22-24-25-27-29-32-34(4)35(31-7-3)33-30-28-26-23-15-13-11-9-6-2/h18-19H,5-17,20-33H2,1-4H3/b19-18-. The van der Waals surface area contributed by atoms with Crippen LogP contribution in [0.25, 0.3) is 0 Å². The zero-order valence-electron chi connectivity index (χ0n) is 25.1. The second-order valence-electron chi connectivity index (χ2n) is 11.1. The van der Waals surface area contributed by atoms with Crippen LogP contribution in [0.15, 0.2) is 12.2 Å². The summed E-state index contributed by atoms with van der Waals surface area (Å²) < 4.78 is 0. The Bertz CT molecular complexity index is 406. The van der Waals surface area contributed by atoms with Crippen LogP contribution >= 0.6 is 0 Å². The van der Waals surface area contributed by atoms with E-state index < -0.39 is 0 Å². The van der Waals surface area contributed by atoms with Gasteiger partial charge in [-0.05, 0) is 44.9 Å². The summed E-state index contributed by atoms with van der Waals surface area (Å²) in [5, 5.41) is 5.15. The van der Waals surface area contributed by atoms with Gasteiger partial charge < -0.3 is 0 Å². The molecule has 35 heavy (non-hydrogen) atoms. The Labute approximate surface area is 223 Å².